The molecule has 2 rings (SSSR count). The molecule has 94 valence electrons. The molecule has 0 saturated heterocycles. The number of hydrogen-bond donors (Lipinski definition) is 2. The molecule has 0 bridgehead atoms. The van der Waals surface area contributed by atoms with Gasteiger partial charge in [0.05, 0.1) is 0 Å². The van der Waals surface area contributed by atoms with Crippen LogP contribution in [0.15, 0.2) is 42.5 Å². The summed E-state index contributed by atoms with van der Waals surface area (Å²) in [4.78, 5) is 11.6. The Morgan fingerprint density at radius 3 is 2.28 bits per heavy atom. The van der Waals surface area contributed by atoms with Crippen molar-refractivity contribution in [2.75, 3.05) is 0 Å². The Labute approximate surface area is 103 Å². The van der Waals surface area contributed by atoms with Gasteiger partial charge in [0.1, 0.15) is 0 Å². The lowest BCUT2D eigenvalue weighted by atomic mass is 10.0. The van der Waals surface area contributed by atoms with Crippen LogP contribution in [0.2, 0.25) is 0 Å². The maximum atomic E-state index is 11.6. The normalized spacial score (nSPS) is 13.4. The zero-order valence-electron chi connectivity index (χ0n) is 9.15. The number of ketones is 1. The zero-order valence-corrected chi connectivity index (χ0v) is 9.96. The van der Waals surface area contributed by atoms with Crippen LogP contribution in [0, 0.1) is 0 Å². The lowest BCUT2D eigenvalue weighted by molar-refractivity contribution is 0.0848. The molecular weight excluding hydrogens is 256 g/mol. The molecule has 18 heavy (non-hydrogen) atoms. The van der Waals surface area contributed by atoms with E-state index in [-0.39, 0.29) is 5.56 Å². The molecule has 6 heteroatoms. The summed E-state index contributed by atoms with van der Waals surface area (Å²) >= 11 is 0. The molecule has 0 aliphatic carbocycles. The third kappa shape index (κ3) is 2.40. The first kappa shape index (κ1) is 12.7. The van der Waals surface area contributed by atoms with Crippen molar-refractivity contribution in [3.8, 4) is 0 Å². The molecule has 0 fully saturated rings. The minimum atomic E-state index is -4.80. The van der Waals surface area contributed by atoms with E-state index in [9.17, 15) is 18.3 Å². The number of rotatable bonds is 3. The SMILES string of the molecule is O=C(c1ccc2ccccc2c1)C(O)S(=O)(=O)O. The molecule has 2 N–H and O–H groups in total. The first-order valence-corrected chi connectivity index (χ1v) is 6.57. The third-order valence-corrected chi connectivity index (χ3v) is 3.32. The van der Waals surface area contributed by atoms with E-state index in [1.807, 2.05) is 12.1 Å². The Hall–Kier alpha value is -1.76. The van der Waals surface area contributed by atoms with Crippen LogP contribution in [0.3, 0.4) is 0 Å². The lowest BCUT2D eigenvalue weighted by Crippen LogP contribution is -2.29. The van der Waals surface area contributed by atoms with Crippen molar-refractivity contribution in [1.82, 2.24) is 0 Å². The fourth-order valence-corrected chi connectivity index (χ4v) is 2.03. The van der Waals surface area contributed by atoms with Gasteiger partial charge in [-0.15, -0.1) is 0 Å². The number of aliphatic hydroxyl groups is 1. The summed E-state index contributed by atoms with van der Waals surface area (Å²) in [5.74, 6) is -1.05. The highest BCUT2D eigenvalue weighted by Crippen LogP contribution is 2.17. The third-order valence-electron chi connectivity index (χ3n) is 2.54. The molecule has 5 nitrogen and oxygen atoms in total. The maximum Gasteiger partial charge on any atom is 0.299 e. The second-order valence-corrected chi connectivity index (χ2v) is 5.27. The topological polar surface area (TPSA) is 91.7 Å². The van der Waals surface area contributed by atoms with Crippen molar-refractivity contribution >= 4 is 26.7 Å². The van der Waals surface area contributed by atoms with Gasteiger partial charge in [-0.2, -0.15) is 8.42 Å². The molecule has 0 aliphatic heterocycles. The Morgan fingerprint density at radius 2 is 1.67 bits per heavy atom. The molecule has 0 heterocycles. The van der Waals surface area contributed by atoms with Gasteiger partial charge in [-0.25, -0.2) is 0 Å². The van der Waals surface area contributed by atoms with E-state index in [0.29, 0.717) is 0 Å². The van der Waals surface area contributed by atoms with E-state index in [1.54, 1.807) is 18.2 Å². The summed E-state index contributed by atoms with van der Waals surface area (Å²) in [5, 5.41) is 10.8. The van der Waals surface area contributed by atoms with Crippen LogP contribution in [0.25, 0.3) is 10.8 Å². The van der Waals surface area contributed by atoms with Gasteiger partial charge in [0.15, 0.2) is 0 Å². The average Bonchev–Trinajstić information content (AvgIpc) is 2.35. The van der Waals surface area contributed by atoms with E-state index in [1.165, 1.54) is 12.1 Å². The standard InChI is InChI=1S/C12H10O5S/c13-11(12(14)18(15,16)17)10-6-5-8-3-1-2-4-9(8)7-10/h1-7,12,14H,(H,15,16,17). The van der Waals surface area contributed by atoms with Crippen LogP contribution in [-0.2, 0) is 10.1 Å². The van der Waals surface area contributed by atoms with Gasteiger partial charge in [0, 0.05) is 5.56 Å². The van der Waals surface area contributed by atoms with Crippen molar-refractivity contribution in [2.24, 2.45) is 0 Å². The molecule has 0 aliphatic rings. The number of fused-ring (bicyclic) bond motifs is 1. The number of Topliss-reactive ketones (excluding diaryl/α,β-unsaturated/α-hetero) is 1. The van der Waals surface area contributed by atoms with Crippen molar-refractivity contribution < 1.29 is 22.9 Å². The predicted octanol–water partition coefficient (Wildman–Crippen LogP) is 1.23. The van der Waals surface area contributed by atoms with Crippen molar-refractivity contribution in [2.45, 2.75) is 5.44 Å². The Balaban J connectivity index is 2.46. The van der Waals surface area contributed by atoms with Gasteiger partial charge >= 0.3 is 0 Å². The van der Waals surface area contributed by atoms with Crippen LogP contribution < -0.4 is 0 Å². The second-order valence-electron chi connectivity index (χ2n) is 3.79. The van der Waals surface area contributed by atoms with Crippen molar-refractivity contribution in [3.63, 3.8) is 0 Å². The van der Waals surface area contributed by atoms with E-state index in [4.69, 9.17) is 4.55 Å². The molecule has 0 radical (unpaired) electrons. The molecule has 2 aromatic rings. The summed E-state index contributed by atoms with van der Waals surface area (Å²) in [6, 6.07) is 11.7. The number of aliphatic hydroxyl groups excluding tert-OH is 1. The summed E-state index contributed by atoms with van der Waals surface area (Å²) in [7, 11) is -4.80. The largest absolute Gasteiger partial charge is 0.369 e. The molecule has 0 spiro atoms. The van der Waals surface area contributed by atoms with Gasteiger partial charge in [0.2, 0.25) is 11.2 Å². The maximum absolute atomic E-state index is 11.6. The Bertz CT molecular complexity index is 705. The molecule has 1 unspecified atom stereocenters. The number of carbonyl (C=O) groups is 1. The highest BCUT2D eigenvalue weighted by molar-refractivity contribution is 7.87. The van der Waals surface area contributed by atoms with Crippen LogP contribution in [0.4, 0.5) is 0 Å². The van der Waals surface area contributed by atoms with Gasteiger partial charge in [-0.05, 0) is 16.8 Å². The Kier molecular flexibility index (Phi) is 3.16. The van der Waals surface area contributed by atoms with E-state index in [0.717, 1.165) is 10.8 Å². The molecular formula is C12H10O5S. The average molecular weight is 266 g/mol. The number of hydrogen-bond acceptors (Lipinski definition) is 4. The van der Waals surface area contributed by atoms with Gasteiger partial charge in [-0.3, -0.25) is 9.35 Å². The quantitative estimate of drug-likeness (QED) is 0.644. The van der Waals surface area contributed by atoms with Crippen LogP contribution in [0.5, 0.6) is 0 Å². The number of benzene rings is 2. The van der Waals surface area contributed by atoms with Gasteiger partial charge < -0.3 is 5.11 Å². The van der Waals surface area contributed by atoms with E-state index in [2.05, 4.69) is 0 Å². The minimum Gasteiger partial charge on any atom is -0.369 e. The fraction of sp³-hybridized carbons (Fsp3) is 0.0833. The lowest BCUT2D eigenvalue weighted by Gasteiger charge is -2.07. The smallest absolute Gasteiger partial charge is 0.299 e. The van der Waals surface area contributed by atoms with E-state index >= 15 is 0 Å². The monoisotopic (exact) mass is 266 g/mol. The number of carbonyl (C=O) groups excluding carboxylic acids is 1. The summed E-state index contributed by atoms with van der Waals surface area (Å²) in [5.41, 5.74) is -2.42. The van der Waals surface area contributed by atoms with Gasteiger partial charge in [0.25, 0.3) is 10.1 Å². The van der Waals surface area contributed by atoms with Crippen LogP contribution in [0.1, 0.15) is 10.4 Å². The van der Waals surface area contributed by atoms with E-state index < -0.39 is 21.3 Å². The summed E-state index contributed by atoms with van der Waals surface area (Å²) < 4.78 is 30.0. The highest BCUT2D eigenvalue weighted by atomic mass is 32.2. The highest BCUT2D eigenvalue weighted by Gasteiger charge is 2.29. The fourth-order valence-electron chi connectivity index (χ4n) is 1.62. The van der Waals surface area contributed by atoms with Crippen LogP contribution >= 0.6 is 0 Å². The van der Waals surface area contributed by atoms with Crippen molar-refractivity contribution in [3.05, 3.63) is 48.0 Å². The zero-order chi connectivity index (χ0) is 13.3. The predicted molar refractivity (Wildman–Crippen MR) is 65.8 cm³/mol. The molecule has 0 saturated carbocycles. The van der Waals surface area contributed by atoms with Crippen LogP contribution in [-0.4, -0.2) is 29.3 Å². The molecule has 0 aromatic heterocycles. The van der Waals surface area contributed by atoms with Gasteiger partial charge in [-0.1, -0.05) is 36.4 Å². The Morgan fingerprint density at radius 1 is 1.06 bits per heavy atom. The molecule has 2 aromatic carbocycles. The summed E-state index contributed by atoms with van der Waals surface area (Å²) in [6.45, 7) is 0. The first-order valence-electron chi connectivity index (χ1n) is 5.07. The summed E-state index contributed by atoms with van der Waals surface area (Å²) in [6.07, 6.45) is 0. The first-order chi connectivity index (χ1) is 8.39. The molecule has 0 amide bonds. The molecule has 1 atom stereocenters. The van der Waals surface area contributed by atoms with Crippen molar-refractivity contribution in [1.29, 1.82) is 0 Å². The minimum absolute atomic E-state index is 0.0267. The second kappa shape index (κ2) is 4.49.